The van der Waals surface area contributed by atoms with Crippen LogP contribution in [0.5, 0.6) is 0 Å². The molecule has 0 fully saturated rings. The van der Waals surface area contributed by atoms with Crippen molar-refractivity contribution in [2.75, 3.05) is 18.0 Å². The van der Waals surface area contributed by atoms with Crippen molar-refractivity contribution in [1.82, 2.24) is 0 Å². The first-order valence-corrected chi connectivity index (χ1v) is 9.26. The largest absolute Gasteiger partial charge is 0.371 e. The van der Waals surface area contributed by atoms with E-state index >= 15 is 0 Å². The van der Waals surface area contributed by atoms with Gasteiger partial charge in [-0.1, -0.05) is 88.1 Å². The topological polar surface area (TPSA) is 3.24 Å². The van der Waals surface area contributed by atoms with E-state index in [-0.39, 0.29) is 0 Å². The summed E-state index contributed by atoms with van der Waals surface area (Å²) in [4.78, 5) is 2.60. The summed E-state index contributed by atoms with van der Waals surface area (Å²) in [5, 5.41) is 0. The van der Waals surface area contributed by atoms with Crippen LogP contribution in [0.25, 0.3) is 11.1 Å². The Balaban J connectivity index is 2.22. The zero-order valence-corrected chi connectivity index (χ0v) is 14.8. The smallest absolute Gasteiger partial charge is 0.0445 e. The van der Waals surface area contributed by atoms with Gasteiger partial charge in [0.05, 0.1) is 0 Å². The third kappa shape index (κ3) is 5.42. The number of benzene rings is 2. The second-order valence-electron chi connectivity index (χ2n) is 6.28. The van der Waals surface area contributed by atoms with Crippen LogP contribution in [0.3, 0.4) is 0 Å². The highest BCUT2D eigenvalue weighted by molar-refractivity contribution is 5.78. The van der Waals surface area contributed by atoms with Gasteiger partial charge in [0.25, 0.3) is 0 Å². The van der Waals surface area contributed by atoms with E-state index < -0.39 is 0 Å². The summed E-state index contributed by atoms with van der Waals surface area (Å²) in [7, 11) is 0. The van der Waals surface area contributed by atoms with Gasteiger partial charge >= 0.3 is 0 Å². The molecule has 0 saturated heterocycles. The van der Waals surface area contributed by atoms with E-state index in [1.54, 1.807) is 0 Å². The normalized spacial score (nSPS) is 10.7. The maximum atomic E-state index is 2.60. The molecule has 2 aromatic rings. The molecule has 0 aliphatic heterocycles. The maximum Gasteiger partial charge on any atom is 0.0445 e. The van der Waals surface area contributed by atoms with Gasteiger partial charge in [-0.25, -0.2) is 0 Å². The molecule has 0 amide bonds. The molecule has 23 heavy (non-hydrogen) atoms. The molecule has 0 spiro atoms. The van der Waals surface area contributed by atoms with E-state index in [2.05, 4.69) is 73.3 Å². The van der Waals surface area contributed by atoms with Gasteiger partial charge in [-0.05, 0) is 24.5 Å². The average molecular weight is 309 g/mol. The van der Waals surface area contributed by atoms with E-state index in [0.717, 1.165) is 0 Å². The molecule has 0 aliphatic rings. The van der Waals surface area contributed by atoms with Crippen molar-refractivity contribution < 1.29 is 0 Å². The van der Waals surface area contributed by atoms with Gasteiger partial charge in [0.15, 0.2) is 0 Å². The molecule has 2 aromatic carbocycles. The Morgan fingerprint density at radius 2 is 1.22 bits per heavy atom. The Kier molecular flexibility index (Phi) is 7.72. The number of hydrogen-bond acceptors (Lipinski definition) is 1. The monoisotopic (exact) mass is 309 g/mol. The number of anilines is 1. The lowest BCUT2D eigenvalue weighted by Crippen LogP contribution is -2.26. The van der Waals surface area contributed by atoms with Crippen LogP contribution in [0.15, 0.2) is 54.6 Å². The summed E-state index contributed by atoms with van der Waals surface area (Å²) < 4.78 is 0. The summed E-state index contributed by atoms with van der Waals surface area (Å²) in [6.07, 6.45) is 7.76. The molecule has 0 atom stereocenters. The van der Waals surface area contributed by atoms with Crippen molar-refractivity contribution in [3.05, 3.63) is 54.6 Å². The third-order valence-corrected chi connectivity index (χ3v) is 4.39. The van der Waals surface area contributed by atoms with Gasteiger partial charge in [0.1, 0.15) is 0 Å². The van der Waals surface area contributed by atoms with Gasteiger partial charge < -0.3 is 4.90 Å². The minimum atomic E-state index is 1.17. The van der Waals surface area contributed by atoms with Crippen molar-refractivity contribution in [3.8, 4) is 11.1 Å². The maximum absolute atomic E-state index is 2.60. The standard InChI is InChI=1S/C22H31N/c1-3-5-12-18-23(19-13-6-4-2)22-17-11-10-16-21(22)20-14-8-7-9-15-20/h7-11,14-17H,3-6,12-13,18-19H2,1-2H3. The van der Waals surface area contributed by atoms with Crippen LogP contribution in [-0.4, -0.2) is 13.1 Å². The molecule has 0 radical (unpaired) electrons. The highest BCUT2D eigenvalue weighted by Crippen LogP contribution is 2.31. The van der Waals surface area contributed by atoms with Crippen LogP contribution in [0.4, 0.5) is 5.69 Å². The zero-order chi connectivity index (χ0) is 16.3. The molecule has 0 saturated carbocycles. The molecule has 1 nitrogen and oxygen atoms in total. The van der Waals surface area contributed by atoms with Crippen LogP contribution in [0.1, 0.15) is 52.4 Å². The molecule has 0 heterocycles. The minimum Gasteiger partial charge on any atom is -0.371 e. The molecular weight excluding hydrogens is 278 g/mol. The second kappa shape index (κ2) is 10.1. The van der Waals surface area contributed by atoms with Crippen LogP contribution in [0, 0.1) is 0 Å². The second-order valence-corrected chi connectivity index (χ2v) is 6.28. The fourth-order valence-electron chi connectivity index (χ4n) is 3.07. The summed E-state index contributed by atoms with van der Waals surface area (Å²) >= 11 is 0. The van der Waals surface area contributed by atoms with Crippen LogP contribution in [-0.2, 0) is 0 Å². The van der Waals surface area contributed by atoms with Crippen molar-refractivity contribution in [1.29, 1.82) is 0 Å². The summed E-state index contributed by atoms with van der Waals surface area (Å²) in [6, 6.07) is 19.7. The SMILES string of the molecule is CCCCCN(CCCCC)c1ccccc1-c1ccccc1. The molecular formula is C22H31N. The first kappa shape index (κ1) is 17.6. The van der Waals surface area contributed by atoms with Crippen molar-refractivity contribution in [2.24, 2.45) is 0 Å². The first-order valence-electron chi connectivity index (χ1n) is 9.26. The summed E-state index contributed by atoms with van der Waals surface area (Å²) in [6.45, 7) is 6.89. The van der Waals surface area contributed by atoms with E-state index in [4.69, 9.17) is 0 Å². The first-order chi connectivity index (χ1) is 11.4. The lowest BCUT2D eigenvalue weighted by Gasteiger charge is -2.27. The van der Waals surface area contributed by atoms with Gasteiger partial charge in [-0.3, -0.25) is 0 Å². The highest BCUT2D eigenvalue weighted by Gasteiger charge is 2.11. The summed E-state index contributed by atoms with van der Waals surface area (Å²) in [5.74, 6) is 0. The Morgan fingerprint density at radius 1 is 0.652 bits per heavy atom. The lowest BCUT2D eigenvalue weighted by atomic mass is 10.0. The Morgan fingerprint density at radius 3 is 1.83 bits per heavy atom. The van der Waals surface area contributed by atoms with Crippen molar-refractivity contribution in [3.63, 3.8) is 0 Å². The molecule has 2 rings (SSSR count). The van der Waals surface area contributed by atoms with Crippen LogP contribution >= 0.6 is 0 Å². The Labute approximate surface area is 142 Å². The van der Waals surface area contributed by atoms with Gasteiger partial charge in [-0.15, -0.1) is 0 Å². The number of hydrogen-bond donors (Lipinski definition) is 0. The number of nitrogens with zero attached hydrogens (tertiary/aromatic N) is 1. The molecule has 1 heteroatoms. The number of unbranched alkanes of at least 4 members (excludes halogenated alkanes) is 4. The van der Waals surface area contributed by atoms with E-state index in [1.807, 2.05) is 0 Å². The van der Waals surface area contributed by atoms with Crippen LogP contribution in [0.2, 0.25) is 0 Å². The summed E-state index contributed by atoms with van der Waals surface area (Å²) in [5.41, 5.74) is 4.08. The molecule has 0 unspecified atom stereocenters. The minimum absolute atomic E-state index is 1.17. The number of para-hydroxylation sites is 1. The Hall–Kier alpha value is -1.76. The Bertz CT molecular complexity index is 537. The van der Waals surface area contributed by atoms with Crippen LogP contribution < -0.4 is 4.90 Å². The molecule has 0 aliphatic carbocycles. The third-order valence-electron chi connectivity index (χ3n) is 4.39. The average Bonchev–Trinajstić information content (AvgIpc) is 2.61. The van der Waals surface area contributed by atoms with E-state index in [0.29, 0.717) is 0 Å². The lowest BCUT2D eigenvalue weighted by molar-refractivity contribution is 0.637. The zero-order valence-electron chi connectivity index (χ0n) is 14.8. The molecule has 0 aromatic heterocycles. The van der Waals surface area contributed by atoms with Gasteiger partial charge in [0.2, 0.25) is 0 Å². The molecule has 0 N–H and O–H groups in total. The van der Waals surface area contributed by atoms with Crippen molar-refractivity contribution in [2.45, 2.75) is 52.4 Å². The fourth-order valence-corrected chi connectivity index (χ4v) is 3.07. The van der Waals surface area contributed by atoms with Crippen molar-refractivity contribution >= 4 is 5.69 Å². The highest BCUT2D eigenvalue weighted by atomic mass is 15.1. The number of rotatable bonds is 10. The van der Waals surface area contributed by atoms with Gasteiger partial charge in [-0.2, -0.15) is 0 Å². The van der Waals surface area contributed by atoms with E-state index in [1.165, 1.54) is 68.4 Å². The van der Waals surface area contributed by atoms with Gasteiger partial charge in [0, 0.05) is 24.3 Å². The predicted octanol–water partition coefficient (Wildman–Crippen LogP) is 6.54. The molecule has 0 bridgehead atoms. The quantitative estimate of drug-likeness (QED) is 0.450. The molecule has 124 valence electrons. The predicted molar refractivity (Wildman–Crippen MR) is 103 cm³/mol. The fraction of sp³-hybridized carbons (Fsp3) is 0.455. The van der Waals surface area contributed by atoms with E-state index in [9.17, 15) is 0 Å².